The number of nitrogens with one attached hydrogen (secondary N) is 1. The van der Waals surface area contributed by atoms with E-state index in [-0.39, 0.29) is 18.4 Å². The van der Waals surface area contributed by atoms with Gasteiger partial charge >= 0.3 is 0 Å². The number of benzene rings is 1. The van der Waals surface area contributed by atoms with Crippen LogP contribution in [-0.4, -0.2) is 25.4 Å². The van der Waals surface area contributed by atoms with Gasteiger partial charge in [-0.2, -0.15) is 4.98 Å². The molecule has 0 aliphatic carbocycles. The van der Waals surface area contributed by atoms with Gasteiger partial charge in [-0.25, -0.2) is 13.8 Å². The summed E-state index contributed by atoms with van der Waals surface area (Å²) < 4.78 is 34.8. The monoisotopic (exact) mass is 519 g/mol. The Morgan fingerprint density at radius 3 is 2.68 bits per heavy atom. The van der Waals surface area contributed by atoms with Crippen molar-refractivity contribution in [3.63, 3.8) is 0 Å². The van der Waals surface area contributed by atoms with Gasteiger partial charge in [0, 0.05) is 47.7 Å². The van der Waals surface area contributed by atoms with Crippen LogP contribution in [0.25, 0.3) is 11.0 Å². The van der Waals surface area contributed by atoms with Crippen LogP contribution in [0.1, 0.15) is 46.9 Å². The number of carbonyl (C=O) groups excluding carboxylic acids is 1. The van der Waals surface area contributed by atoms with Crippen LogP contribution in [0.4, 0.5) is 8.78 Å². The van der Waals surface area contributed by atoms with Crippen molar-refractivity contribution in [3.05, 3.63) is 100 Å². The molecular formula is C27H23F2N5O2S. The number of nitrogens with zero attached hydrogens (tertiary/aromatic N) is 4. The lowest BCUT2D eigenvalue weighted by Gasteiger charge is -2.15. The van der Waals surface area contributed by atoms with E-state index in [1.165, 1.54) is 17.4 Å². The lowest BCUT2D eigenvalue weighted by molar-refractivity contribution is 0.0951. The summed E-state index contributed by atoms with van der Waals surface area (Å²) in [5, 5.41) is 5.79. The van der Waals surface area contributed by atoms with Gasteiger partial charge in [-0.1, -0.05) is 37.3 Å². The third-order valence-electron chi connectivity index (χ3n) is 5.80. The number of amides is 1. The predicted octanol–water partition coefficient (Wildman–Crippen LogP) is 6.06. The van der Waals surface area contributed by atoms with Crippen LogP contribution in [0.3, 0.4) is 0 Å². The van der Waals surface area contributed by atoms with Gasteiger partial charge in [-0.05, 0) is 41.3 Å². The van der Waals surface area contributed by atoms with E-state index < -0.39 is 11.6 Å². The molecule has 4 aromatic heterocycles. The summed E-state index contributed by atoms with van der Waals surface area (Å²) in [6.07, 6.45) is 5.13. The summed E-state index contributed by atoms with van der Waals surface area (Å²) >= 11 is 1.35. The van der Waals surface area contributed by atoms with Gasteiger partial charge < -0.3 is 14.6 Å². The van der Waals surface area contributed by atoms with Crippen LogP contribution in [0, 0.1) is 11.6 Å². The summed E-state index contributed by atoms with van der Waals surface area (Å²) in [6, 6.07) is 10.9. The van der Waals surface area contributed by atoms with Crippen molar-refractivity contribution in [2.45, 2.75) is 32.9 Å². The van der Waals surface area contributed by atoms with Crippen molar-refractivity contribution >= 4 is 28.3 Å². The molecule has 10 heteroatoms. The summed E-state index contributed by atoms with van der Waals surface area (Å²) in [7, 11) is 0. The molecule has 0 fully saturated rings. The van der Waals surface area contributed by atoms with Crippen molar-refractivity contribution in [2.75, 3.05) is 0 Å². The van der Waals surface area contributed by atoms with Crippen LogP contribution in [-0.2, 0) is 13.1 Å². The number of thiazole rings is 1. The molecule has 1 aromatic carbocycles. The maximum absolute atomic E-state index is 13.7. The highest BCUT2D eigenvalue weighted by molar-refractivity contribution is 7.11. The van der Waals surface area contributed by atoms with Crippen molar-refractivity contribution in [1.29, 1.82) is 0 Å². The fourth-order valence-electron chi connectivity index (χ4n) is 4.22. The Labute approximate surface area is 215 Å². The van der Waals surface area contributed by atoms with Gasteiger partial charge in [0.1, 0.15) is 5.65 Å². The van der Waals surface area contributed by atoms with Crippen LogP contribution >= 0.6 is 11.3 Å². The molecule has 0 aliphatic rings. The van der Waals surface area contributed by atoms with Gasteiger partial charge in [-0.3, -0.25) is 9.78 Å². The number of ether oxygens (including phenoxy) is 1. The SMILES string of the molecule is CC(C)c1c(C(=O)NCc2ccc(F)c(F)c2)c2ccc(Oc3nccs3)nc2n1Cc1cccnc1. The number of hydrogen-bond donors (Lipinski definition) is 1. The topological polar surface area (TPSA) is 81.9 Å². The Kier molecular flexibility index (Phi) is 6.91. The van der Waals surface area contributed by atoms with Crippen molar-refractivity contribution in [3.8, 4) is 11.1 Å². The van der Waals surface area contributed by atoms with E-state index in [2.05, 4.69) is 15.3 Å². The molecule has 5 aromatic rings. The normalized spacial score (nSPS) is 11.3. The smallest absolute Gasteiger partial charge is 0.279 e. The van der Waals surface area contributed by atoms with E-state index in [4.69, 9.17) is 9.72 Å². The average molecular weight is 520 g/mol. The lowest BCUT2D eigenvalue weighted by Crippen LogP contribution is -2.24. The summed E-state index contributed by atoms with van der Waals surface area (Å²) in [5.41, 5.74) is 3.25. The molecule has 4 heterocycles. The number of halogens is 2. The first-order valence-corrected chi connectivity index (χ1v) is 12.5. The molecule has 0 bridgehead atoms. The standard InChI is InChI=1S/C27H23F2N5O2S/c1-16(2)24-23(26(35)32-14-17-5-7-20(28)21(29)12-17)19-6-8-22(36-27-31-10-11-37-27)33-25(19)34(24)15-18-4-3-9-30-13-18/h3-13,16H,14-15H2,1-2H3,(H,32,35). The summed E-state index contributed by atoms with van der Waals surface area (Å²) in [6.45, 7) is 4.50. The molecular weight excluding hydrogens is 496 g/mol. The van der Waals surface area contributed by atoms with E-state index >= 15 is 0 Å². The quantitative estimate of drug-likeness (QED) is 0.270. The Morgan fingerprint density at radius 2 is 1.97 bits per heavy atom. The molecule has 1 N–H and O–H groups in total. The number of hydrogen-bond acceptors (Lipinski definition) is 6. The van der Waals surface area contributed by atoms with Gasteiger partial charge in [0.15, 0.2) is 11.6 Å². The molecule has 0 saturated carbocycles. The minimum absolute atomic E-state index is 0.0294. The van der Waals surface area contributed by atoms with Gasteiger partial charge in [-0.15, -0.1) is 0 Å². The molecule has 188 valence electrons. The number of rotatable bonds is 8. The molecule has 0 aliphatic heterocycles. The lowest BCUT2D eigenvalue weighted by atomic mass is 10.0. The molecule has 0 saturated heterocycles. The average Bonchev–Trinajstić information content (AvgIpc) is 3.51. The summed E-state index contributed by atoms with van der Waals surface area (Å²) in [5.74, 6) is -1.90. The highest BCUT2D eigenvalue weighted by atomic mass is 32.1. The van der Waals surface area contributed by atoms with Crippen LogP contribution in [0.5, 0.6) is 11.1 Å². The first kappa shape index (κ1) is 24.5. The Bertz CT molecular complexity index is 1550. The highest BCUT2D eigenvalue weighted by Gasteiger charge is 2.26. The fourth-order valence-corrected chi connectivity index (χ4v) is 4.71. The molecule has 0 spiro atoms. The second kappa shape index (κ2) is 10.4. The number of fused-ring (bicyclic) bond motifs is 1. The number of pyridine rings is 2. The van der Waals surface area contributed by atoms with E-state index in [1.54, 1.807) is 24.7 Å². The van der Waals surface area contributed by atoms with Crippen molar-refractivity contribution < 1.29 is 18.3 Å². The van der Waals surface area contributed by atoms with Gasteiger partial charge in [0.2, 0.25) is 5.88 Å². The largest absolute Gasteiger partial charge is 0.412 e. The zero-order valence-corrected chi connectivity index (χ0v) is 20.9. The first-order valence-electron chi connectivity index (χ1n) is 11.6. The molecule has 1 amide bonds. The second-order valence-corrected chi connectivity index (χ2v) is 9.57. The molecule has 0 atom stereocenters. The zero-order chi connectivity index (χ0) is 25.9. The van der Waals surface area contributed by atoms with E-state index in [9.17, 15) is 13.6 Å². The Morgan fingerprint density at radius 1 is 1.11 bits per heavy atom. The Hall–Kier alpha value is -4.18. The van der Waals surface area contributed by atoms with Gasteiger partial charge in [0.05, 0.1) is 12.1 Å². The van der Waals surface area contributed by atoms with E-state index in [0.29, 0.717) is 39.8 Å². The fraction of sp³-hybridized carbons (Fsp3) is 0.185. The summed E-state index contributed by atoms with van der Waals surface area (Å²) in [4.78, 5) is 26.7. The maximum atomic E-state index is 13.7. The molecule has 7 nitrogen and oxygen atoms in total. The molecule has 0 radical (unpaired) electrons. The van der Waals surface area contributed by atoms with Crippen molar-refractivity contribution in [1.82, 2.24) is 24.8 Å². The third-order valence-corrected chi connectivity index (χ3v) is 6.45. The van der Waals surface area contributed by atoms with Crippen molar-refractivity contribution in [2.24, 2.45) is 0 Å². The zero-order valence-electron chi connectivity index (χ0n) is 20.1. The number of aromatic nitrogens is 4. The number of carbonyl (C=O) groups is 1. The van der Waals surface area contributed by atoms with Gasteiger partial charge in [0.25, 0.3) is 11.1 Å². The predicted molar refractivity (Wildman–Crippen MR) is 137 cm³/mol. The second-order valence-electron chi connectivity index (χ2n) is 8.71. The van der Waals surface area contributed by atoms with Crippen LogP contribution in [0.2, 0.25) is 0 Å². The molecule has 37 heavy (non-hydrogen) atoms. The van der Waals surface area contributed by atoms with E-state index in [0.717, 1.165) is 23.4 Å². The third kappa shape index (κ3) is 5.19. The Balaban J connectivity index is 1.57. The van der Waals surface area contributed by atoms with E-state index in [1.807, 2.05) is 42.0 Å². The maximum Gasteiger partial charge on any atom is 0.279 e. The molecule has 0 unspecified atom stereocenters. The minimum atomic E-state index is -0.959. The highest BCUT2D eigenvalue weighted by Crippen LogP contribution is 2.33. The van der Waals surface area contributed by atoms with Crippen LogP contribution < -0.4 is 10.1 Å². The first-order chi connectivity index (χ1) is 17.9. The minimum Gasteiger partial charge on any atom is -0.412 e. The van der Waals surface area contributed by atoms with Crippen LogP contribution in [0.15, 0.2) is 66.4 Å². The molecule has 5 rings (SSSR count).